The van der Waals surface area contributed by atoms with E-state index in [4.69, 9.17) is 17.3 Å². The number of benzene rings is 1. The Balaban J connectivity index is 2.46. The molecule has 0 aliphatic heterocycles. The van der Waals surface area contributed by atoms with Crippen molar-refractivity contribution in [2.75, 3.05) is 12.4 Å². The number of nitrogens with one attached hydrogen (secondary N) is 3. The van der Waals surface area contributed by atoms with Gasteiger partial charge in [-0.2, -0.15) is 0 Å². The van der Waals surface area contributed by atoms with Crippen molar-refractivity contribution < 1.29 is 19.2 Å². The molecule has 0 fully saturated rings. The van der Waals surface area contributed by atoms with Gasteiger partial charge in [0.05, 0.1) is 24.5 Å². The predicted octanol–water partition coefficient (Wildman–Crippen LogP) is 0.516. The molecule has 3 atom stereocenters. The van der Waals surface area contributed by atoms with Gasteiger partial charge in [0.1, 0.15) is 6.04 Å². The van der Waals surface area contributed by atoms with Gasteiger partial charge in [0, 0.05) is 0 Å². The van der Waals surface area contributed by atoms with Crippen LogP contribution in [0.5, 0.6) is 0 Å². The SMILES string of the molecule is CC(C)C[C@H](NC(=O)[C@H](C)NC(=O)CNC(=O)[C@@H](N)Cc1ccccc1)C(=O)CCl. The Bertz CT molecular complexity index is 727. The van der Waals surface area contributed by atoms with Crippen molar-refractivity contribution in [3.63, 3.8) is 0 Å². The number of alkyl halides is 1. The second-order valence-corrected chi connectivity index (χ2v) is 7.86. The number of rotatable bonds is 12. The molecule has 0 saturated carbocycles. The Kier molecular flexibility index (Phi) is 11.1. The van der Waals surface area contributed by atoms with Crippen LogP contribution >= 0.6 is 11.6 Å². The van der Waals surface area contributed by atoms with E-state index in [-0.39, 0.29) is 24.1 Å². The van der Waals surface area contributed by atoms with Gasteiger partial charge in [-0.25, -0.2) is 0 Å². The van der Waals surface area contributed by atoms with Crippen molar-refractivity contribution in [3.8, 4) is 0 Å². The Morgan fingerprint density at radius 3 is 2.20 bits per heavy atom. The number of hydrogen-bond acceptors (Lipinski definition) is 5. The van der Waals surface area contributed by atoms with E-state index in [1.54, 1.807) is 0 Å². The minimum Gasteiger partial charge on any atom is -0.346 e. The lowest BCUT2D eigenvalue weighted by molar-refractivity contribution is -0.131. The number of Topliss-reactive ketones (excluding diaryl/α,β-unsaturated/α-hetero) is 1. The van der Waals surface area contributed by atoms with E-state index in [0.717, 1.165) is 5.56 Å². The topological polar surface area (TPSA) is 130 Å². The molecule has 0 saturated heterocycles. The van der Waals surface area contributed by atoms with Crippen LogP contribution in [0.4, 0.5) is 0 Å². The monoisotopic (exact) mass is 438 g/mol. The number of halogens is 1. The molecular weight excluding hydrogens is 408 g/mol. The van der Waals surface area contributed by atoms with E-state index >= 15 is 0 Å². The summed E-state index contributed by atoms with van der Waals surface area (Å²) in [7, 11) is 0. The van der Waals surface area contributed by atoms with Crippen LogP contribution in [0.3, 0.4) is 0 Å². The summed E-state index contributed by atoms with van der Waals surface area (Å²) in [4.78, 5) is 48.4. The van der Waals surface area contributed by atoms with Crippen molar-refractivity contribution in [3.05, 3.63) is 35.9 Å². The smallest absolute Gasteiger partial charge is 0.242 e. The first-order valence-corrected chi connectivity index (χ1v) is 10.4. The fourth-order valence-electron chi connectivity index (χ4n) is 2.75. The predicted molar refractivity (Wildman–Crippen MR) is 116 cm³/mol. The van der Waals surface area contributed by atoms with Gasteiger partial charge in [-0.1, -0.05) is 44.2 Å². The third-order valence-corrected chi connectivity index (χ3v) is 4.64. The van der Waals surface area contributed by atoms with E-state index in [2.05, 4.69) is 16.0 Å². The summed E-state index contributed by atoms with van der Waals surface area (Å²) in [6, 6.07) is 6.92. The van der Waals surface area contributed by atoms with Gasteiger partial charge in [0.15, 0.2) is 5.78 Å². The van der Waals surface area contributed by atoms with Crippen LogP contribution in [-0.2, 0) is 25.6 Å². The second-order valence-electron chi connectivity index (χ2n) is 7.59. The number of carbonyl (C=O) groups excluding carboxylic acids is 4. The molecule has 1 aromatic carbocycles. The van der Waals surface area contributed by atoms with E-state index < -0.39 is 35.8 Å². The molecule has 8 nitrogen and oxygen atoms in total. The third-order valence-electron chi connectivity index (χ3n) is 4.37. The van der Waals surface area contributed by atoms with Crippen molar-refractivity contribution in [1.29, 1.82) is 0 Å². The van der Waals surface area contributed by atoms with Crippen molar-refractivity contribution in [2.45, 2.75) is 51.7 Å². The molecule has 1 rings (SSSR count). The van der Waals surface area contributed by atoms with Crippen LogP contribution in [0.25, 0.3) is 0 Å². The van der Waals surface area contributed by atoms with Gasteiger partial charge < -0.3 is 21.7 Å². The molecule has 0 heterocycles. The van der Waals surface area contributed by atoms with Crippen molar-refractivity contribution >= 4 is 35.1 Å². The molecule has 166 valence electrons. The summed E-state index contributed by atoms with van der Waals surface area (Å²) < 4.78 is 0. The maximum absolute atomic E-state index is 12.3. The largest absolute Gasteiger partial charge is 0.346 e. The normalized spacial score (nSPS) is 13.8. The van der Waals surface area contributed by atoms with Gasteiger partial charge in [0.25, 0.3) is 0 Å². The molecule has 0 unspecified atom stereocenters. The molecule has 0 bridgehead atoms. The molecule has 5 N–H and O–H groups in total. The number of amides is 3. The minimum absolute atomic E-state index is 0.183. The molecule has 0 radical (unpaired) electrons. The molecule has 0 aromatic heterocycles. The summed E-state index contributed by atoms with van der Waals surface area (Å²) in [5.41, 5.74) is 6.78. The maximum Gasteiger partial charge on any atom is 0.242 e. The van der Waals surface area contributed by atoms with Crippen LogP contribution in [0.1, 0.15) is 32.8 Å². The lowest BCUT2D eigenvalue weighted by atomic mass is 10.0. The summed E-state index contributed by atoms with van der Waals surface area (Å²) in [5, 5.41) is 7.57. The van der Waals surface area contributed by atoms with E-state index in [1.165, 1.54) is 6.92 Å². The first-order chi connectivity index (χ1) is 14.1. The van der Waals surface area contributed by atoms with Gasteiger partial charge in [-0.3, -0.25) is 19.2 Å². The lowest BCUT2D eigenvalue weighted by Crippen LogP contribution is -2.53. The first kappa shape index (κ1) is 25.6. The Hall–Kier alpha value is -2.45. The van der Waals surface area contributed by atoms with Gasteiger partial charge in [-0.05, 0) is 31.2 Å². The second kappa shape index (κ2) is 13.0. The van der Waals surface area contributed by atoms with Crippen LogP contribution < -0.4 is 21.7 Å². The molecule has 30 heavy (non-hydrogen) atoms. The standard InChI is InChI=1S/C21H31ClN4O4/c1-13(2)9-17(18(27)11-22)26-20(29)14(3)25-19(28)12-24-21(30)16(23)10-15-7-5-4-6-8-15/h4-8,13-14,16-17H,9-12,23H2,1-3H3,(H,24,30)(H,25,28)(H,26,29)/t14-,16-,17-/m0/s1. The van der Waals surface area contributed by atoms with Crippen molar-refractivity contribution in [1.82, 2.24) is 16.0 Å². The van der Waals surface area contributed by atoms with E-state index in [0.29, 0.717) is 12.8 Å². The molecule has 9 heteroatoms. The lowest BCUT2D eigenvalue weighted by Gasteiger charge is -2.21. The van der Waals surface area contributed by atoms with Crippen LogP contribution in [-0.4, -0.2) is 54.1 Å². The Labute approximate surface area is 182 Å². The zero-order chi connectivity index (χ0) is 22.7. The zero-order valence-electron chi connectivity index (χ0n) is 17.6. The highest BCUT2D eigenvalue weighted by Gasteiger charge is 2.24. The molecule has 3 amide bonds. The van der Waals surface area contributed by atoms with E-state index in [1.807, 2.05) is 44.2 Å². The molecular formula is C21H31ClN4O4. The highest BCUT2D eigenvalue weighted by atomic mass is 35.5. The fourth-order valence-corrected chi connectivity index (χ4v) is 2.94. The number of ketones is 1. The van der Waals surface area contributed by atoms with E-state index in [9.17, 15) is 19.2 Å². The number of hydrogen-bond donors (Lipinski definition) is 4. The maximum atomic E-state index is 12.3. The number of carbonyl (C=O) groups is 4. The number of nitrogens with two attached hydrogens (primary N) is 1. The van der Waals surface area contributed by atoms with Gasteiger partial charge in [0.2, 0.25) is 17.7 Å². The average molecular weight is 439 g/mol. The zero-order valence-corrected chi connectivity index (χ0v) is 18.4. The summed E-state index contributed by atoms with van der Waals surface area (Å²) in [5.74, 6) is -1.80. The minimum atomic E-state index is -0.884. The summed E-state index contributed by atoms with van der Waals surface area (Å²) in [6.07, 6.45) is 0.798. The van der Waals surface area contributed by atoms with Gasteiger partial charge >= 0.3 is 0 Å². The molecule has 0 spiro atoms. The van der Waals surface area contributed by atoms with Crippen LogP contribution in [0.15, 0.2) is 30.3 Å². The molecule has 1 aromatic rings. The Morgan fingerprint density at radius 2 is 1.63 bits per heavy atom. The highest BCUT2D eigenvalue weighted by Crippen LogP contribution is 2.07. The first-order valence-electron chi connectivity index (χ1n) is 9.89. The summed E-state index contributed by atoms with van der Waals surface area (Å²) in [6.45, 7) is 5.04. The van der Waals surface area contributed by atoms with Crippen LogP contribution in [0, 0.1) is 5.92 Å². The highest BCUT2D eigenvalue weighted by molar-refractivity contribution is 6.28. The van der Waals surface area contributed by atoms with Gasteiger partial charge in [-0.15, -0.1) is 11.6 Å². The average Bonchev–Trinajstić information content (AvgIpc) is 2.71. The third kappa shape index (κ3) is 9.37. The fraction of sp³-hybridized carbons (Fsp3) is 0.524. The quantitative estimate of drug-likeness (QED) is 0.353. The Morgan fingerprint density at radius 1 is 1.00 bits per heavy atom. The van der Waals surface area contributed by atoms with Crippen LogP contribution in [0.2, 0.25) is 0 Å². The molecule has 0 aliphatic carbocycles. The van der Waals surface area contributed by atoms with Crippen molar-refractivity contribution in [2.24, 2.45) is 11.7 Å². The molecule has 0 aliphatic rings. The summed E-state index contributed by atoms with van der Waals surface area (Å²) >= 11 is 5.60.